The molecular formula is C17H15F2N3O3S. The molecule has 6 nitrogen and oxygen atoms in total. The molecule has 0 amide bonds. The van der Waals surface area contributed by atoms with Gasteiger partial charge >= 0.3 is 0 Å². The second-order valence-corrected chi connectivity index (χ2v) is 7.93. The van der Waals surface area contributed by atoms with Crippen LogP contribution in [0.3, 0.4) is 0 Å². The summed E-state index contributed by atoms with van der Waals surface area (Å²) >= 11 is 0. The summed E-state index contributed by atoms with van der Waals surface area (Å²) in [5.41, 5.74) is 5.12. The molecule has 1 atom stereocenters. The molecule has 0 fully saturated rings. The number of rotatable bonds is 3. The highest BCUT2D eigenvalue weighted by atomic mass is 32.2. The van der Waals surface area contributed by atoms with Crippen molar-refractivity contribution in [2.24, 2.45) is 5.73 Å². The van der Waals surface area contributed by atoms with Crippen molar-refractivity contribution in [2.45, 2.75) is 17.9 Å². The molecule has 0 saturated carbocycles. The van der Waals surface area contributed by atoms with Crippen LogP contribution in [0, 0.1) is 11.6 Å². The fraction of sp³-hybridized carbons (Fsp3) is 0.176. The van der Waals surface area contributed by atoms with Crippen LogP contribution in [0.15, 0.2) is 46.1 Å². The van der Waals surface area contributed by atoms with Gasteiger partial charge in [-0.3, -0.25) is 9.36 Å². The molecule has 136 valence electrons. The maximum absolute atomic E-state index is 13.7. The summed E-state index contributed by atoms with van der Waals surface area (Å²) in [4.78, 5) is 17.2. The Labute approximate surface area is 147 Å². The first-order valence-corrected chi connectivity index (χ1v) is 9.46. The van der Waals surface area contributed by atoms with Crippen molar-refractivity contribution >= 4 is 20.7 Å². The largest absolute Gasteiger partial charge is 0.322 e. The fourth-order valence-corrected chi connectivity index (χ4v) is 3.64. The molecule has 2 aromatic carbocycles. The molecule has 0 bridgehead atoms. The Morgan fingerprint density at radius 2 is 1.77 bits per heavy atom. The lowest BCUT2D eigenvalue weighted by Crippen LogP contribution is -2.28. The van der Waals surface area contributed by atoms with Crippen LogP contribution in [0.2, 0.25) is 0 Å². The van der Waals surface area contributed by atoms with E-state index in [1.165, 1.54) is 18.2 Å². The van der Waals surface area contributed by atoms with Gasteiger partial charge in [-0.15, -0.1) is 0 Å². The molecule has 1 aromatic heterocycles. The summed E-state index contributed by atoms with van der Waals surface area (Å²) in [7, 11) is -3.73. The van der Waals surface area contributed by atoms with Gasteiger partial charge in [0.15, 0.2) is 9.84 Å². The number of nitrogens with zero attached hydrogens (tertiary/aromatic N) is 2. The van der Waals surface area contributed by atoms with Crippen molar-refractivity contribution in [3.05, 3.63) is 64.2 Å². The molecule has 0 spiro atoms. The van der Waals surface area contributed by atoms with Crippen LogP contribution >= 0.6 is 0 Å². The third kappa shape index (κ3) is 3.11. The number of aromatic nitrogens is 2. The molecular weight excluding hydrogens is 364 g/mol. The molecule has 9 heteroatoms. The number of nitrogens with two attached hydrogens (primary N) is 1. The lowest BCUT2D eigenvalue weighted by molar-refractivity contribution is 0.579. The predicted octanol–water partition coefficient (Wildman–Crippen LogP) is 2.09. The Morgan fingerprint density at radius 3 is 2.31 bits per heavy atom. The summed E-state index contributed by atoms with van der Waals surface area (Å²) in [5.74, 6) is -1.73. The number of fused-ring (bicyclic) bond motifs is 1. The SMILES string of the molecule is CC(N)c1nc2cccc(S(C)(=O)=O)c2c(=O)n1-c1cc(F)cc(F)c1. The van der Waals surface area contributed by atoms with Crippen LogP contribution in [0.1, 0.15) is 18.8 Å². The third-order valence-corrected chi connectivity index (χ3v) is 4.94. The van der Waals surface area contributed by atoms with Crippen LogP contribution in [0.4, 0.5) is 8.78 Å². The van der Waals surface area contributed by atoms with E-state index in [1.807, 2.05) is 0 Å². The molecule has 0 aliphatic carbocycles. The van der Waals surface area contributed by atoms with Gasteiger partial charge in [-0.2, -0.15) is 0 Å². The molecule has 1 heterocycles. The van der Waals surface area contributed by atoms with Gasteiger partial charge in [-0.05, 0) is 31.2 Å². The van der Waals surface area contributed by atoms with E-state index in [0.29, 0.717) is 6.07 Å². The maximum atomic E-state index is 13.7. The molecule has 3 aromatic rings. The van der Waals surface area contributed by atoms with Crippen LogP contribution in [-0.4, -0.2) is 24.2 Å². The smallest absolute Gasteiger partial charge is 0.267 e. The number of benzene rings is 2. The lowest BCUT2D eigenvalue weighted by Gasteiger charge is -2.17. The van der Waals surface area contributed by atoms with E-state index < -0.39 is 33.1 Å². The number of halogens is 2. The average Bonchev–Trinajstić information content (AvgIpc) is 2.52. The standard InChI is InChI=1S/C17H15F2N3O3S/c1-9(20)16-21-13-4-3-5-14(26(2,24)25)15(13)17(23)22(16)12-7-10(18)6-11(19)8-12/h3-9H,20H2,1-2H3. The van der Waals surface area contributed by atoms with Crippen molar-refractivity contribution in [1.29, 1.82) is 0 Å². The fourth-order valence-electron chi connectivity index (χ4n) is 2.75. The van der Waals surface area contributed by atoms with E-state index in [-0.39, 0.29) is 27.3 Å². The highest BCUT2D eigenvalue weighted by Gasteiger charge is 2.21. The quantitative estimate of drug-likeness (QED) is 0.752. The number of hydrogen-bond donors (Lipinski definition) is 1. The van der Waals surface area contributed by atoms with Crippen molar-refractivity contribution < 1.29 is 17.2 Å². The first kappa shape index (κ1) is 18.2. The maximum Gasteiger partial charge on any atom is 0.267 e. The van der Waals surface area contributed by atoms with E-state index in [1.54, 1.807) is 6.92 Å². The minimum Gasteiger partial charge on any atom is -0.322 e. The molecule has 3 rings (SSSR count). The minimum atomic E-state index is -3.73. The van der Waals surface area contributed by atoms with Gasteiger partial charge in [0, 0.05) is 12.3 Å². The molecule has 1 unspecified atom stereocenters. The summed E-state index contributed by atoms with van der Waals surface area (Å²) in [6, 6.07) is 6.04. The first-order valence-electron chi connectivity index (χ1n) is 7.57. The predicted molar refractivity (Wildman–Crippen MR) is 93.0 cm³/mol. The molecule has 0 radical (unpaired) electrons. The lowest BCUT2D eigenvalue weighted by atomic mass is 10.2. The zero-order chi connectivity index (χ0) is 19.2. The first-order chi connectivity index (χ1) is 12.1. The van der Waals surface area contributed by atoms with Gasteiger partial charge < -0.3 is 5.73 Å². The second-order valence-electron chi connectivity index (χ2n) is 5.95. The van der Waals surface area contributed by atoms with E-state index in [4.69, 9.17) is 5.73 Å². The van der Waals surface area contributed by atoms with Gasteiger partial charge in [-0.1, -0.05) is 6.07 Å². The highest BCUT2D eigenvalue weighted by molar-refractivity contribution is 7.91. The Kier molecular flexibility index (Phi) is 4.37. The van der Waals surface area contributed by atoms with Gasteiger partial charge in [0.2, 0.25) is 0 Å². The zero-order valence-corrected chi connectivity index (χ0v) is 14.7. The van der Waals surface area contributed by atoms with Gasteiger partial charge in [0.05, 0.1) is 27.5 Å². The summed E-state index contributed by atoms with van der Waals surface area (Å²) in [6.07, 6.45) is 0.965. The van der Waals surface area contributed by atoms with Crippen LogP contribution in [-0.2, 0) is 9.84 Å². The van der Waals surface area contributed by atoms with Gasteiger partial charge in [0.25, 0.3) is 5.56 Å². The molecule has 2 N–H and O–H groups in total. The highest BCUT2D eigenvalue weighted by Crippen LogP contribution is 2.22. The third-order valence-electron chi connectivity index (χ3n) is 3.80. The Bertz CT molecular complexity index is 1170. The topological polar surface area (TPSA) is 95.1 Å². The van der Waals surface area contributed by atoms with Crippen molar-refractivity contribution in [3.8, 4) is 5.69 Å². The van der Waals surface area contributed by atoms with Crippen molar-refractivity contribution in [1.82, 2.24) is 9.55 Å². The summed E-state index contributed by atoms with van der Waals surface area (Å²) < 4.78 is 52.4. The molecule has 0 aliphatic rings. The van der Waals surface area contributed by atoms with E-state index in [0.717, 1.165) is 23.0 Å². The Morgan fingerprint density at radius 1 is 1.15 bits per heavy atom. The van der Waals surface area contributed by atoms with E-state index >= 15 is 0 Å². The van der Waals surface area contributed by atoms with Crippen molar-refractivity contribution in [3.63, 3.8) is 0 Å². The zero-order valence-electron chi connectivity index (χ0n) is 13.9. The van der Waals surface area contributed by atoms with E-state index in [9.17, 15) is 22.0 Å². The van der Waals surface area contributed by atoms with E-state index in [2.05, 4.69) is 4.98 Å². The summed E-state index contributed by atoms with van der Waals surface area (Å²) in [5, 5.41) is -0.163. The average molecular weight is 379 g/mol. The van der Waals surface area contributed by atoms with Crippen molar-refractivity contribution in [2.75, 3.05) is 6.26 Å². The molecule has 26 heavy (non-hydrogen) atoms. The second kappa shape index (κ2) is 6.26. The minimum absolute atomic E-state index is 0.0538. The van der Waals surface area contributed by atoms with Gasteiger partial charge in [-0.25, -0.2) is 22.2 Å². The van der Waals surface area contributed by atoms with Crippen LogP contribution in [0.25, 0.3) is 16.6 Å². The molecule has 0 aliphatic heterocycles. The molecule has 0 saturated heterocycles. The Hall–Kier alpha value is -2.65. The van der Waals surface area contributed by atoms with Gasteiger partial charge in [0.1, 0.15) is 17.5 Å². The van der Waals surface area contributed by atoms with Crippen LogP contribution < -0.4 is 11.3 Å². The summed E-state index contributed by atoms with van der Waals surface area (Å²) in [6.45, 7) is 1.56. The number of hydrogen-bond acceptors (Lipinski definition) is 5. The number of sulfone groups is 1. The Balaban J connectivity index is 2.54. The monoisotopic (exact) mass is 379 g/mol. The normalized spacial score (nSPS) is 13.1. The van der Waals surface area contributed by atoms with Crippen LogP contribution in [0.5, 0.6) is 0 Å².